The van der Waals surface area contributed by atoms with E-state index < -0.39 is 0 Å². The zero-order chi connectivity index (χ0) is 15.3. The van der Waals surface area contributed by atoms with Crippen LogP contribution in [-0.2, 0) is 5.41 Å². The topological polar surface area (TPSA) is 3.24 Å². The Hall–Kier alpha value is -1.25. The Morgan fingerprint density at radius 2 is 1.55 bits per heavy atom. The molecule has 0 aromatic heterocycles. The normalized spacial score (nSPS) is 24.7. The molecule has 1 fully saturated rings. The summed E-state index contributed by atoms with van der Waals surface area (Å²) in [6.07, 6.45) is 1.35. The lowest BCUT2D eigenvalue weighted by Crippen LogP contribution is -2.32. The first kappa shape index (κ1) is 14.3. The molecule has 0 N–H and O–H groups in total. The lowest BCUT2D eigenvalue weighted by atomic mass is 9.71. The Bertz CT molecular complexity index is 661. The second-order valence-corrected chi connectivity index (χ2v) is 8.25. The molecule has 2 heteroatoms. The largest absolute Gasteiger partial charge is 0.309 e. The molecule has 0 amide bonds. The molecule has 0 bridgehead atoms. The van der Waals surface area contributed by atoms with Gasteiger partial charge in [0, 0.05) is 21.8 Å². The molecule has 1 saturated carbocycles. The maximum atomic E-state index is 2.48. The quantitative estimate of drug-likeness (QED) is 0.811. The van der Waals surface area contributed by atoms with Crippen molar-refractivity contribution >= 4 is 11.8 Å². The second kappa shape index (κ2) is 5.14. The van der Waals surface area contributed by atoms with Crippen LogP contribution in [0.5, 0.6) is 0 Å². The molecular weight excluding hydrogens is 286 g/mol. The fraction of sp³-hybridized carbons (Fsp3) is 0.400. The number of fused-ring (bicyclic) bond motifs is 2. The molecule has 4 rings (SSSR count). The van der Waals surface area contributed by atoms with Gasteiger partial charge in [0.2, 0.25) is 0 Å². The van der Waals surface area contributed by atoms with E-state index in [2.05, 4.69) is 74.4 Å². The standard InChI is InChI=1S/C20H23NS/c1-20(17-12-14(17)13-21(2)3)15-8-4-6-10-18(15)22-19-11-7-5-9-16(19)20/h4-11,14,17H,12-13H2,1-3H3/t14-,17+/m1/s1. The van der Waals surface area contributed by atoms with Gasteiger partial charge in [-0.1, -0.05) is 55.1 Å². The number of nitrogens with zero attached hydrogens (tertiary/aromatic N) is 1. The van der Waals surface area contributed by atoms with E-state index in [4.69, 9.17) is 0 Å². The zero-order valence-electron chi connectivity index (χ0n) is 13.5. The van der Waals surface area contributed by atoms with Crippen molar-refractivity contribution in [2.45, 2.75) is 28.6 Å². The molecule has 0 unspecified atom stereocenters. The maximum Gasteiger partial charge on any atom is 0.0228 e. The van der Waals surface area contributed by atoms with E-state index in [1.165, 1.54) is 33.9 Å². The molecule has 0 radical (unpaired) electrons. The summed E-state index contributed by atoms with van der Waals surface area (Å²) in [4.78, 5) is 5.22. The van der Waals surface area contributed by atoms with Gasteiger partial charge in [0.05, 0.1) is 0 Å². The van der Waals surface area contributed by atoms with Crippen molar-refractivity contribution in [3.63, 3.8) is 0 Å². The molecule has 22 heavy (non-hydrogen) atoms. The number of benzene rings is 2. The van der Waals surface area contributed by atoms with E-state index in [0.29, 0.717) is 0 Å². The van der Waals surface area contributed by atoms with Crippen LogP contribution in [0.1, 0.15) is 24.5 Å². The van der Waals surface area contributed by atoms with Crippen LogP contribution in [0.15, 0.2) is 58.3 Å². The second-order valence-electron chi connectivity index (χ2n) is 7.16. The molecule has 1 aliphatic carbocycles. The van der Waals surface area contributed by atoms with Crippen molar-refractivity contribution < 1.29 is 0 Å². The minimum Gasteiger partial charge on any atom is -0.309 e. The molecule has 114 valence electrons. The molecular formula is C20H23NS. The summed E-state index contributed by atoms with van der Waals surface area (Å²) in [6, 6.07) is 18.0. The molecule has 1 heterocycles. The van der Waals surface area contributed by atoms with Gasteiger partial charge in [-0.05, 0) is 55.6 Å². The van der Waals surface area contributed by atoms with Gasteiger partial charge in [-0.2, -0.15) is 0 Å². The smallest absolute Gasteiger partial charge is 0.0228 e. The van der Waals surface area contributed by atoms with Crippen LogP contribution in [0.4, 0.5) is 0 Å². The highest BCUT2D eigenvalue weighted by molar-refractivity contribution is 7.99. The van der Waals surface area contributed by atoms with E-state index in [9.17, 15) is 0 Å². The van der Waals surface area contributed by atoms with Gasteiger partial charge in [0.15, 0.2) is 0 Å². The maximum absolute atomic E-state index is 2.48. The van der Waals surface area contributed by atoms with Crippen LogP contribution in [0.2, 0.25) is 0 Å². The van der Waals surface area contributed by atoms with Crippen molar-refractivity contribution in [3.05, 3.63) is 59.7 Å². The molecule has 0 saturated heterocycles. The molecule has 1 aliphatic heterocycles. The Morgan fingerprint density at radius 1 is 1.00 bits per heavy atom. The summed E-state index contributed by atoms with van der Waals surface area (Å²) in [5.41, 5.74) is 3.23. The number of hydrogen-bond donors (Lipinski definition) is 0. The van der Waals surface area contributed by atoms with Gasteiger partial charge in [-0.15, -0.1) is 0 Å². The highest BCUT2D eigenvalue weighted by Gasteiger charge is 2.54. The van der Waals surface area contributed by atoms with Crippen LogP contribution in [0.25, 0.3) is 0 Å². The van der Waals surface area contributed by atoms with Gasteiger partial charge >= 0.3 is 0 Å². The van der Waals surface area contributed by atoms with E-state index in [1.807, 2.05) is 11.8 Å². The lowest BCUT2D eigenvalue weighted by Gasteiger charge is -2.38. The van der Waals surface area contributed by atoms with Crippen molar-refractivity contribution in [2.75, 3.05) is 20.6 Å². The Morgan fingerprint density at radius 3 is 2.09 bits per heavy atom. The van der Waals surface area contributed by atoms with Crippen LogP contribution >= 0.6 is 11.8 Å². The van der Waals surface area contributed by atoms with Gasteiger partial charge in [0.25, 0.3) is 0 Å². The third-order valence-electron chi connectivity index (χ3n) is 5.38. The Balaban J connectivity index is 1.81. The average Bonchev–Trinajstić information content (AvgIpc) is 3.26. The highest BCUT2D eigenvalue weighted by Crippen LogP contribution is 2.61. The van der Waals surface area contributed by atoms with E-state index in [0.717, 1.165) is 11.8 Å². The number of rotatable bonds is 3. The minimum absolute atomic E-state index is 0.166. The number of hydrogen-bond acceptors (Lipinski definition) is 2. The molecule has 0 spiro atoms. The SMILES string of the molecule is CN(C)C[C@H]1C[C@@H]1C1(C)c2ccccc2Sc2ccccc21. The predicted molar refractivity (Wildman–Crippen MR) is 93.6 cm³/mol. The summed E-state index contributed by atoms with van der Waals surface area (Å²) in [7, 11) is 4.38. The van der Waals surface area contributed by atoms with Gasteiger partial charge < -0.3 is 4.90 Å². The van der Waals surface area contributed by atoms with Crippen LogP contribution < -0.4 is 0 Å². The first-order valence-electron chi connectivity index (χ1n) is 8.12. The van der Waals surface area contributed by atoms with Crippen LogP contribution in [0, 0.1) is 11.8 Å². The van der Waals surface area contributed by atoms with E-state index >= 15 is 0 Å². The van der Waals surface area contributed by atoms with Gasteiger partial charge in [0.1, 0.15) is 0 Å². The van der Waals surface area contributed by atoms with Gasteiger partial charge in [-0.3, -0.25) is 0 Å². The van der Waals surface area contributed by atoms with Gasteiger partial charge in [-0.25, -0.2) is 0 Å². The minimum atomic E-state index is 0.166. The molecule has 2 atom stereocenters. The van der Waals surface area contributed by atoms with Crippen LogP contribution in [0.3, 0.4) is 0 Å². The zero-order valence-corrected chi connectivity index (χ0v) is 14.4. The van der Waals surface area contributed by atoms with E-state index in [-0.39, 0.29) is 5.41 Å². The molecule has 2 aromatic carbocycles. The third kappa shape index (κ3) is 2.12. The van der Waals surface area contributed by atoms with Crippen molar-refractivity contribution in [1.29, 1.82) is 0 Å². The Kier molecular flexibility index (Phi) is 3.35. The molecule has 1 nitrogen and oxygen atoms in total. The third-order valence-corrected chi connectivity index (χ3v) is 6.53. The predicted octanol–water partition coefficient (Wildman–Crippen LogP) is 4.65. The molecule has 2 aliphatic rings. The fourth-order valence-corrected chi connectivity index (χ4v) is 5.57. The average molecular weight is 309 g/mol. The lowest BCUT2D eigenvalue weighted by molar-refractivity contribution is 0.351. The van der Waals surface area contributed by atoms with Crippen molar-refractivity contribution in [1.82, 2.24) is 4.90 Å². The fourth-order valence-electron chi connectivity index (χ4n) is 4.26. The first-order valence-corrected chi connectivity index (χ1v) is 8.94. The highest BCUT2D eigenvalue weighted by atomic mass is 32.2. The monoisotopic (exact) mass is 309 g/mol. The summed E-state index contributed by atoms with van der Waals surface area (Å²) >= 11 is 1.93. The van der Waals surface area contributed by atoms with Crippen molar-refractivity contribution in [3.8, 4) is 0 Å². The summed E-state index contributed by atoms with van der Waals surface area (Å²) in [5.74, 6) is 1.59. The van der Waals surface area contributed by atoms with E-state index in [1.54, 1.807) is 0 Å². The Labute approximate surface area is 137 Å². The summed E-state index contributed by atoms with van der Waals surface area (Å²) in [6.45, 7) is 3.68. The summed E-state index contributed by atoms with van der Waals surface area (Å²) in [5, 5.41) is 0. The van der Waals surface area contributed by atoms with Crippen LogP contribution in [-0.4, -0.2) is 25.5 Å². The first-order chi connectivity index (χ1) is 10.6. The van der Waals surface area contributed by atoms with Crippen molar-refractivity contribution in [2.24, 2.45) is 11.8 Å². The summed E-state index contributed by atoms with van der Waals surface area (Å²) < 4.78 is 0. The molecule has 2 aromatic rings.